The SMILES string of the molecule is C[CH2][Zr](=[SiH2])([CH2]C)([C]1=CC=CC1)[c]1cc(C(C)(C)C)cc2c1Cc1ccc(C(C)(C)C)cc1-2. The van der Waals surface area contributed by atoms with Crippen LogP contribution in [-0.4, -0.2) is 6.88 Å². The molecule has 0 amide bonds. The van der Waals surface area contributed by atoms with Crippen molar-refractivity contribution in [1.82, 2.24) is 0 Å². The molecule has 0 aromatic heterocycles. The normalized spacial score (nSPS) is 16.2. The van der Waals surface area contributed by atoms with Crippen molar-refractivity contribution >= 4 is 10.2 Å². The van der Waals surface area contributed by atoms with Gasteiger partial charge in [0, 0.05) is 0 Å². The summed E-state index contributed by atoms with van der Waals surface area (Å²) < 4.78 is 6.27. The van der Waals surface area contributed by atoms with E-state index in [0.29, 0.717) is 0 Å². The first-order valence-corrected chi connectivity index (χ1v) is 24.4. The van der Waals surface area contributed by atoms with Crippen molar-refractivity contribution in [3.8, 4) is 11.1 Å². The molecule has 0 saturated carbocycles. The number of rotatable bonds is 4. The van der Waals surface area contributed by atoms with Crippen LogP contribution in [0.1, 0.15) is 84.1 Å². The molecule has 2 aliphatic carbocycles. The van der Waals surface area contributed by atoms with Gasteiger partial charge in [-0.15, -0.1) is 0 Å². The van der Waals surface area contributed by atoms with Crippen molar-refractivity contribution in [3.63, 3.8) is 0 Å². The average molecular weight is 522 g/mol. The van der Waals surface area contributed by atoms with Crippen LogP contribution in [0.5, 0.6) is 0 Å². The van der Waals surface area contributed by atoms with Gasteiger partial charge in [0.1, 0.15) is 0 Å². The zero-order chi connectivity index (χ0) is 23.6. The maximum absolute atomic E-state index is 3.37. The van der Waals surface area contributed by atoms with Crippen LogP contribution in [0.3, 0.4) is 0 Å². The number of hydrogen-bond donors (Lipinski definition) is 0. The first-order chi connectivity index (χ1) is 14.8. The molecule has 4 rings (SSSR count). The van der Waals surface area contributed by atoms with Gasteiger partial charge < -0.3 is 0 Å². The molecule has 32 heavy (non-hydrogen) atoms. The van der Waals surface area contributed by atoms with Crippen molar-refractivity contribution in [2.45, 2.75) is 87.3 Å². The molecule has 0 spiro atoms. The topological polar surface area (TPSA) is 0 Å². The van der Waals surface area contributed by atoms with E-state index in [0.717, 1.165) is 6.42 Å². The fourth-order valence-corrected chi connectivity index (χ4v) is 22.3. The fraction of sp³-hybridized carbons (Fsp3) is 0.467. The molecule has 0 heterocycles. The summed E-state index contributed by atoms with van der Waals surface area (Å²) >= 11 is -3.37. The molecule has 0 unspecified atom stereocenters. The molecule has 0 bridgehead atoms. The number of fused-ring (bicyclic) bond motifs is 3. The molecular formula is C30H42SiZr. The predicted molar refractivity (Wildman–Crippen MR) is 143 cm³/mol. The third-order valence-electron chi connectivity index (χ3n) is 8.78. The van der Waals surface area contributed by atoms with Gasteiger partial charge in [-0.3, -0.25) is 0 Å². The average Bonchev–Trinajstić information content (AvgIpc) is 3.39. The summed E-state index contributed by atoms with van der Waals surface area (Å²) in [6.45, 7) is 21.6. The summed E-state index contributed by atoms with van der Waals surface area (Å²) in [6.07, 6.45) is 9.49. The van der Waals surface area contributed by atoms with Gasteiger partial charge in [-0.25, -0.2) is 0 Å². The maximum atomic E-state index is 2.68. The molecule has 0 atom stereocenters. The van der Waals surface area contributed by atoms with E-state index in [1.54, 1.807) is 12.1 Å². The summed E-state index contributed by atoms with van der Waals surface area (Å²) in [7, 11) is 0. The van der Waals surface area contributed by atoms with Gasteiger partial charge in [-0.1, -0.05) is 0 Å². The predicted octanol–water partition coefficient (Wildman–Crippen LogP) is 7.44. The second-order valence-electron chi connectivity index (χ2n) is 12.6. The van der Waals surface area contributed by atoms with Crippen LogP contribution in [0.15, 0.2) is 51.8 Å². The number of allylic oxidation sites excluding steroid dienone is 4. The third-order valence-corrected chi connectivity index (χ3v) is 37.6. The van der Waals surface area contributed by atoms with Crippen LogP contribution in [0.2, 0.25) is 8.26 Å². The van der Waals surface area contributed by atoms with Crippen LogP contribution in [0.4, 0.5) is 0 Å². The second-order valence-corrected chi connectivity index (χ2v) is 38.6. The van der Waals surface area contributed by atoms with Crippen molar-refractivity contribution in [2.75, 3.05) is 0 Å². The van der Waals surface area contributed by atoms with E-state index < -0.39 is 17.4 Å². The Morgan fingerprint density at radius 3 is 2.00 bits per heavy atom. The monoisotopic (exact) mass is 520 g/mol. The van der Waals surface area contributed by atoms with Gasteiger partial charge in [-0.05, 0) is 0 Å². The third kappa shape index (κ3) is 3.65. The number of hydrogen-bond acceptors (Lipinski definition) is 0. The minimum absolute atomic E-state index is 0.148. The minimum atomic E-state index is -3.37. The van der Waals surface area contributed by atoms with Gasteiger partial charge in [0.05, 0.1) is 0 Å². The van der Waals surface area contributed by atoms with Crippen molar-refractivity contribution in [2.24, 2.45) is 0 Å². The summed E-state index contributed by atoms with van der Waals surface area (Å²) in [5.74, 6) is 0. The van der Waals surface area contributed by atoms with Gasteiger partial charge >= 0.3 is 200 Å². The van der Waals surface area contributed by atoms with Crippen molar-refractivity contribution in [3.05, 3.63) is 74.1 Å². The Hall–Kier alpha value is -0.980. The molecule has 0 N–H and O–H groups in total. The van der Waals surface area contributed by atoms with E-state index in [4.69, 9.17) is 0 Å². The van der Waals surface area contributed by atoms with E-state index in [9.17, 15) is 0 Å². The van der Waals surface area contributed by atoms with Crippen LogP contribution in [0.25, 0.3) is 11.1 Å². The molecule has 2 heteroatoms. The molecule has 2 aliphatic rings. The molecule has 0 aliphatic heterocycles. The Bertz CT molecular complexity index is 1200. The van der Waals surface area contributed by atoms with Crippen LogP contribution in [0, 0.1) is 0 Å². The zero-order valence-electron chi connectivity index (χ0n) is 21.7. The summed E-state index contributed by atoms with van der Waals surface area (Å²) in [4.78, 5) is 0. The van der Waals surface area contributed by atoms with E-state index in [-0.39, 0.29) is 10.8 Å². The molecule has 0 fully saturated rings. The summed E-state index contributed by atoms with van der Waals surface area (Å²) in [6, 6.07) is 12.5. The molecule has 0 nitrogen and oxygen atoms in total. The Kier molecular flexibility index (Phi) is 5.87. The van der Waals surface area contributed by atoms with Gasteiger partial charge in [0.15, 0.2) is 0 Å². The van der Waals surface area contributed by atoms with Crippen molar-refractivity contribution < 1.29 is 17.4 Å². The number of benzene rings is 2. The van der Waals surface area contributed by atoms with Gasteiger partial charge in [0.25, 0.3) is 0 Å². The molecule has 0 saturated heterocycles. The molecule has 0 radical (unpaired) electrons. The second kappa shape index (κ2) is 7.78. The van der Waals surface area contributed by atoms with Gasteiger partial charge in [0.2, 0.25) is 0 Å². The standard InChI is InChI=1S/C21H25.C5H5.2C2H5.H2Si.Zr/c1-20(2,3)16-9-7-14-11-15-8-10-17(21(4,5)6)13-19(15)18(14)12-16;1-2-4-5-3-1;2*1-2;;/h7,9-10,12-13H,11H2,1-6H3;1-3H,4H2;2*1H2,2H3;1H2;. The fourth-order valence-electron chi connectivity index (χ4n) is 5.95. The van der Waals surface area contributed by atoms with E-state index in [2.05, 4.69) is 111 Å². The Balaban J connectivity index is 2.07. The Morgan fingerprint density at radius 2 is 1.47 bits per heavy atom. The van der Waals surface area contributed by atoms with Crippen molar-refractivity contribution in [1.29, 1.82) is 0 Å². The Morgan fingerprint density at radius 1 is 0.844 bits per heavy atom. The molecule has 2 aromatic carbocycles. The van der Waals surface area contributed by atoms with Crippen LogP contribution < -0.4 is 3.27 Å². The zero-order valence-corrected chi connectivity index (χ0v) is 25.5. The van der Waals surface area contributed by atoms with E-state index in [1.165, 1.54) is 42.5 Å². The Labute approximate surface area is 199 Å². The quantitative estimate of drug-likeness (QED) is 0.313. The van der Waals surface area contributed by atoms with E-state index in [1.807, 2.05) is 0 Å². The van der Waals surface area contributed by atoms with Crippen LogP contribution in [-0.2, 0) is 34.6 Å². The van der Waals surface area contributed by atoms with Crippen LogP contribution >= 0.6 is 0 Å². The first-order valence-electron chi connectivity index (χ1n) is 12.5. The summed E-state index contributed by atoms with van der Waals surface area (Å²) in [5.41, 5.74) is 9.51. The molecule has 170 valence electrons. The molecule has 2 aromatic rings. The molecular weight excluding hydrogens is 480 g/mol. The summed E-state index contributed by atoms with van der Waals surface area (Å²) in [5, 5.41) is 0. The van der Waals surface area contributed by atoms with Gasteiger partial charge in [-0.2, -0.15) is 0 Å². The first kappa shape index (κ1) is 24.2. The van der Waals surface area contributed by atoms with E-state index >= 15 is 0 Å².